The Balaban J connectivity index is 2.46. The first-order valence-corrected chi connectivity index (χ1v) is 6.35. The Labute approximate surface area is 110 Å². The molecule has 0 saturated heterocycles. The van der Waals surface area contributed by atoms with Crippen molar-refractivity contribution in [1.29, 1.82) is 0 Å². The topological polar surface area (TPSA) is 37.3 Å². The number of rotatable bonds is 2. The number of halogens is 2. The number of hydrogen-bond donors (Lipinski definition) is 1. The maximum absolute atomic E-state index is 10.8. The van der Waals surface area contributed by atoms with Gasteiger partial charge in [0.05, 0.1) is 0 Å². The van der Waals surface area contributed by atoms with E-state index in [0.29, 0.717) is 9.90 Å². The van der Waals surface area contributed by atoms with Crippen LogP contribution in [-0.2, 0) is 0 Å². The van der Waals surface area contributed by atoms with E-state index in [9.17, 15) is 4.79 Å². The molecule has 0 bridgehead atoms. The fourth-order valence-corrected chi connectivity index (χ4v) is 3.20. The highest BCUT2D eigenvalue weighted by atomic mass is 79.9. The molecule has 0 fully saturated rings. The van der Waals surface area contributed by atoms with E-state index in [1.165, 1.54) is 11.3 Å². The summed E-state index contributed by atoms with van der Waals surface area (Å²) in [5, 5.41) is 9.48. The Morgan fingerprint density at radius 1 is 1.31 bits per heavy atom. The van der Waals surface area contributed by atoms with E-state index in [-0.39, 0.29) is 0 Å². The smallest absolute Gasteiger partial charge is 0.345 e. The van der Waals surface area contributed by atoms with Crippen LogP contribution >= 0.6 is 38.9 Å². The third-order valence-electron chi connectivity index (χ3n) is 2.01. The summed E-state index contributed by atoms with van der Waals surface area (Å²) in [7, 11) is 0. The molecule has 16 heavy (non-hydrogen) atoms. The zero-order valence-corrected chi connectivity index (χ0v) is 11.1. The minimum atomic E-state index is -0.902. The molecule has 2 nitrogen and oxygen atoms in total. The predicted molar refractivity (Wildman–Crippen MR) is 69.4 cm³/mol. The highest BCUT2D eigenvalue weighted by molar-refractivity contribution is 9.10. The largest absolute Gasteiger partial charge is 0.477 e. The Bertz CT molecular complexity index is 551. The summed E-state index contributed by atoms with van der Waals surface area (Å²) in [6.07, 6.45) is 0. The van der Waals surface area contributed by atoms with Crippen molar-refractivity contribution in [3.63, 3.8) is 0 Å². The molecule has 0 unspecified atom stereocenters. The van der Waals surface area contributed by atoms with Gasteiger partial charge in [0, 0.05) is 19.9 Å². The summed E-state index contributed by atoms with van der Waals surface area (Å²) >= 11 is 10.5. The molecule has 5 heteroatoms. The highest BCUT2D eigenvalue weighted by Crippen LogP contribution is 2.34. The summed E-state index contributed by atoms with van der Waals surface area (Å²) in [6, 6.07) is 8.83. The molecular formula is C11H6BrClO2S. The molecular weight excluding hydrogens is 312 g/mol. The molecule has 0 radical (unpaired) electrons. The van der Waals surface area contributed by atoms with Crippen molar-refractivity contribution in [2.24, 2.45) is 0 Å². The summed E-state index contributed by atoms with van der Waals surface area (Å²) in [5.41, 5.74) is 0.946. The van der Waals surface area contributed by atoms with Crippen LogP contribution < -0.4 is 0 Å². The van der Waals surface area contributed by atoms with Gasteiger partial charge in [0.2, 0.25) is 0 Å². The van der Waals surface area contributed by atoms with Gasteiger partial charge < -0.3 is 5.11 Å². The van der Waals surface area contributed by atoms with Gasteiger partial charge in [0.15, 0.2) is 0 Å². The van der Waals surface area contributed by atoms with Crippen molar-refractivity contribution in [3.8, 4) is 10.4 Å². The summed E-state index contributed by atoms with van der Waals surface area (Å²) in [4.78, 5) is 12.0. The van der Waals surface area contributed by atoms with Gasteiger partial charge in [-0.05, 0) is 24.3 Å². The van der Waals surface area contributed by atoms with Gasteiger partial charge in [0.1, 0.15) is 4.88 Å². The minimum absolute atomic E-state index is 0.330. The first-order valence-electron chi connectivity index (χ1n) is 4.36. The Morgan fingerprint density at radius 2 is 2.06 bits per heavy atom. The molecule has 0 saturated carbocycles. The fourth-order valence-electron chi connectivity index (χ4n) is 1.29. The van der Waals surface area contributed by atoms with Gasteiger partial charge in [0.25, 0.3) is 0 Å². The number of thiophene rings is 1. The van der Waals surface area contributed by atoms with Gasteiger partial charge in [-0.1, -0.05) is 33.6 Å². The number of benzene rings is 1. The Morgan fingerprint density at radius 3 is 2.62 bits per heavy atom. The van der Waals surface area contributed by atoms with Gasteiger partial charge in [-0.15, -0.1) is 11.3 Å². The van der Waals surface area contributed by atoms with Crippen molar-refractivity contribution in [1.82, 2.24) is 0 Å². The lowest BCUT2D eigenvalue weighted by Crippen LogP contribution is -1.89. The second kappa shape index (κ2) is 4.57. The van der Waals surface area contributed by atoms with Crippen LogP contribution in [0.25, 0.3) is 10.4 Å². The highest BCUT2D eigenvalue weighted by Gasteiger charge is 2.10. The average Bonchev–Trinajstić information content (AvgIpc) is 2.66. The van der Waals surface area contributed by atoms with Crippen molar-refractivity contribution in [2.45, 2.75) is 0 Å². The molecule has 0 aliphatic heterocycles. The standard InChI is InChI=1S/C11H6BrClO2S/c12-8-5-6(13)1-2-7(8)9-3-4-10(16-9)11(14)15/h1-5H,(H,14,15). The van der Waals surface area contributed by atoms with Crippen LogP contribution in [0.5, 0.6) is 0 Å². The average molecular weight is 318 g/mol. The molecule has 2 rings (SSSR count). The second-order valence-electron chi connectivity index (χ2n) is 3.09. The molecule has 0 amide bonds. The third-order valence-corrected chi connectivity index (χ3v) is 4.01. The van der Waals surface area contributed by atoms with Gasteiger partial charge in [-0.3, -0.25) is 0 Å². The van der Waals surface area contributed by atoms with Crippen molar-refractivity contribution < 1.29 is 9.90 Å². The van der Waals surface area contributed by atoms with Crippen molar-refractivity contribution in [2.75, 3.05) is 0 Å². The minimum Gasteiger partial charge on any atom is -0.477 e. The number of carboxylic acid groups (broad SMARTS) is 1. The molecule has 0 spiro atoms. The van der Waals surface area contributed by atoms with Gasteiger partial charge in [-0.2, -0.15) is 0 Å². The number of aromatic carboxylic acids is 1. The van der Waals surface area contributed by atoms with E-state index in [4.69, 9.17) is 16.7 Å². The zero-order valence-electron chi connectivity index (χ0n) is 7.91. The summed E-state index contributed by atoms with van der Waals surface area (Å²) in [6.45, 7) is 0. The van der Waals surface area contributed by atoms with Crippen LogP contribution in [0.1, 0.15) is 9.67 Å². The van der Waals surface area contributed by atoms with E-state index in [1.54, 1.807) is 24.3 Å². The molecule has 0 aliphatic rings. The summed E-state index contributed by atoms with van der Waals surface area (Å²) < 4.78 is 0.860. The van der Waals surface area contributed by atoms with E-state index >= 15 is 0 Å². The SMILES string of the molecule is O=C(O)c1ccc(-c2ccc(Cl)cc2Br)s1. The normalized spacial score (nSPS) is 10.4. The lowest BCUT2D eigenvalue weighted by Gasteiger charge is -2.01. The van der Waals surface area contributed by atoms with E-state index in [1.807, 2.05) is 6.07 Å². The molecule has 0 aliphatic carbocycles. The van der Waals surface area contributed by atoms with Crippen LogP contribution in [0.3, 0.4) is 0 Å². The van der Waals surface area contributed by atoms with Crippen LogP contribution in [0.2, 0.25) is 5.02 Å². The van der Waals surface area contributed by atoms with Crippen molar-refractivity contribution >= 4 is 44.8 Å². The van der Waals surface area contributed by atoms with E-state index in [2.05, 4.69) is 15.9 Å². The third kappa shape index (κ3) is 2.29. The molecule has 1 N–H and O–H groups in total. The van der Waals surface area contributed by atoms with Gasteiger partial charge in [-0.25, -0.2) is 4.79 Å². The predicted octanol–water partition coefficient (Wildman–Crippen LogP) is 4.53. The van der Waals surface area contributed by atoms with E-state index < -0.39 is 5.97 Å². The van der Waals surface area contributed by atoms with Crippen LogP contribution in [0.15, 0.2) is 34.8 Å². The van der Waals surface area contributed by atoms with Crippen LogP contribution in [0.4, 0.5) is 0 Å². The number of hydrogen-bond acceptors (Lipinski definition) is 2. The zero-order chi connectivity index (χ0) is 11.7. The molecule has 1 aromatic heterocycles. The summed E-state index contributed by atoms with van der Waals surface area (Å²) in [5.74, 6) is -0.902. The first kappa shape index (κ1) is 11.6. The van der Waals surface area contributed by atoms with Gasteiger partial charge >= 0.3 is 5.97 Å². The fraction of sp³-hybridized carbons (Fsp3) is 0. The monoisotopic (exact) mass is 316 g/mol. The lowest BCUT2D eigenvalue weighted by molar-refractivity contribution is 0.0702. The maximum atomic E-state index is 10.8. The van der Waals surface area contributed by atoms with Crippen LogP contribution in [0, 0.1) is 0 Å². The first-order chi connectivity index (χ1) is 7.58. The number of carboxylic acids is 1. The Kier molecular flexibility index (Phi) is 3.33. The number of carbonyl (C=O) groups is 1. The molecule has 2 aromatic rings. The molecule has 1 aromatic carbocycles. The lowest BCUT2D eigenvalue weighted by atomic mass is 10.2. The van der Waals surface area contributed by atoms with Crippen LogP contribution in [-0.4, -0.2) is 11.1 Å². The molecule has 0 atom stereocenters. The van der Waals surface area contributed by atoms with E-state index in [0.717, 1.165) is 14.9 Å². The quantitative estimate of drug-likeness (QED) is 0.883. The maximum Gasteiger partial charge on any atom is 0.345 e. The molecule has 1 heterocycles. The van der Waals surface area contributed by atoms with Crippen molar-refractivity contribution in [3.05, 3.63) is 44.7 Å². The Hall–Kier alpha value is -0.840. The second-order valence-corrected chi connectivity index (χ2v) is 5.47. The molecule has 82 valence electrons.